The molecular weight excluding hydrogens is 264 g/mol. The van der Waals surface area contributed by atoms with Gasteiger partial charge in [0.15, 0.2) is 12.1 Å². The molecule has 0 saturated carbocycles. The number of hydrogen-bond donors (Lipinski definition) is 0. The molecule has 6 heteroatoms. The average molecular weight is 282 g/mol. The third-order valence-corrected chi connectivity index (χ3v) is 3.45. The van der Waals surface area contributed by atoms with Gasteiger partial charge in [0, 0.05) is 11.6 Å². The second kappa shape index (κ2) is 4.96. The number of fused-ring (bicyclic) bond motifs is 1. The number of carbonyl (C=O) groups excluding carboxylic acids is 1. The number of carbonyl (C=O) groups is 1. The van der Waals surface area contributed by atoms with Crippen molar-refractivity contribution in [1.29, 1.82) is 0 Å². The molecule has 0 radical (unpaired) electrons. The van der Waals surface area contributed by atoms with Crippen LogP contribution in [0.4, 0.5) is 0 Å². The van der Waals surface area contributed by atoms with Crippen molar-refractivity contribution in [3.8, 4) is 0 Å². The zero-order valence-electron chi connectivity index (χ0n) is 11.5. The predicted octanol–water partition coefficient (Wildman–Crippen LogP) is 0.917. The number of cyclic esters (lactones) is 1. The van der Waals surface area contributed by atoms with Crippen LogP contribution in [0.1, 0.15) is 13.8 Å². The lowest BCUT2D eigenvalue weighted by atomic mass is 10.0. The molecule has 3 aliphatic rings. The van der Waals surface area contributed by atoms with Crippen molar-refractivity contribution in [1.82, 2.24) is 0 Å². The summed E-state index contributed by atoms with van der Waals surface area (Å²) < 4.78 is 28.1. The maximum absolute atomic E-state index is 11.2. The molecule has 0 amide bonds. The van der Waals surface area contributed by atoms with E-state index in [1.807, 2.05) is 13.8 Å². The molecule has 4 atom stereocenters. The Balaban J connectivity index is 1.79. The van der Waals surface area contributed by atoms with Gasteiger partial charge in [0.25, 0.3) is 0 Å². The van der Waals surface area contributed by atoms with Gasteiger partial charge in [-0.1, -0.05) is 6.08 Å². The molecule has 6 nitrogen and oxygen atoms in total. The smallest absolute Gasteiger partial charge is 0.331 e. The fourth-order valence-electron chi connectivity index (χ4n) is 2.69. The van der Waals surface area contributed by atoms with E-state index in [1.54, 1.807) is 6.08 Å². The minimum atomic E-state index is -0.702. The second-order valence-corrected chi connectivity index (χ2v) is 5.44. The molecule has 0 aromatic heterocycles. The van der Waals surface area contributed by atoms with E-state index < -0.39 is 18.2 Å². The van der Waals surface area contributed by atoms with Crippen LogP contribution in [0.2, 0.25) is 0 Å². The van der Waals surface area contributed by atoms with Crippen molar-refractivity contribution in [2.45, 2.75) is 44.2 Å². The quantitative estimate of drug-likeness (QED) is 0.564. The van der Waals surface area contributed by atoms with Crippen molar-refractivity contribution in [2.75, 3.05) is 13.2 Å². The van der Waals surface area contributed by atoms with Crippen molar-refractivity contribution in [3.63, 3.8) is 0 Å². The third kappa shape index (κ3) is 2.40. The second-order valence-electron chi connectivity index (χ2n) is 5.44. The number of rotatable bonds is 4. The Morgan fingerprint density at radius 1 is 1.50 bits per heavy atom. The van der Waals surface area contributed by atoms with Crippen LogP contribution in [0.3, 0.4) is 0 Å². The highest BCUT2D eigenvalue weighted by atomic mass is 16.8. The molecule has 0 aliphatic carbocycles. The molecule has 0 aromatic carbocycles. The standard InChI is InChI=1S/C14H18O6/c1-4-5-16-11-10(8-6-9(15)17-7-8)18-13-12(11)19-14(2,3)20-13/h4,6,10-13H,1,5,7H2,2-3H3/t10-,11-,12-,13-/m1/s1. The van der Waals surface area contributed by atoms with Gasteiger partial charge in [-0.05, 0) is 13.8 Å². The molecule has 3 rings (SSSR count). The van der Waals surface area contributed by atoms with Crippen LogP contribution in [0.25, 0.3) is 0 Å². The summed E-state index contributed by atoms with van der Waals surface area (Å²) in [4.78, 5) is 11.2. The normalized spacial score (nSPS) is 38.5. The molecule has 0 spiro atoms. The number of hydrogen-bond acceptors (Lipinski definition) is 6. The SMILES string of the molecule is C=CCO[C@H]1[C@H]2OC(C)(C)O[C@H]2O[C@@H]1C1=CC(=O)OC1. The number of esters is 1. The Bertz CT molecular complexity index is 455. The van der Waals surface area contributed by atoms with E-state index in [-0.39, 0.29) is 24.8 Å². The predicted molar refractivity (Wildman–Crippen MR) is 67.7 cm³/mol. The number of ether oxygens (including phenoxy) is 5. The third-order valence-electron chi connectivity index (χ3n) is 3.45. The fraction of sp³-hybridized carbons (Fsp3) is 0.643. The van der Waals surface area contributed by atoms with Gasteiger partial charge in [-0.15, -0.1) is 6.58 Å². The molecule has 2 saturated heterocycles. The van der Waals surface area contributed by atoms with Crippen LogP contribution in [0.5, 0.6) is 0 Å². The highest BCUT2D eigenvalue weighted by Crippen LogP contribution is 2.41. The van der Waals surface area contributed by atoms with Gasteiger partial charge in [-0.3, -0.25) is 0 Å². The van der Waals surface area contributed by atoms with Crippen molar-refractivity contribution in [2.24, 2.45) is 0 Å². The van der Waals surface area contributed by atoms with E-state index in [1.165, 1.54) is 6.08 Å². The summed E-state index contributed by atoms with van der Waals surface area (Å²) in [6.07, 6.45) is 1.54. The Morgan fingerprint density at radius 3 is 2.95 bits per heavy atom. The van der Waals surface area contributed by atoms with Gasteiger partial charge >= 0.3 is 5.97 Å². The van der Waals surface area contributed by atoms with E-state index in [2.05, 4.69) is 6.58 Å². The summed E-state index contributed by atoms with van der Waals surface area (Å²) in [5.41, 5.74) is 0.753. The molecule has 0 N–H and O–H groups in total. The monoisotopic (exact) mass is 282 g/mol. The highest BCUT2D eigenvalue weighted by molar-refractivity contribution is 5.85. The molecule has 0 bridgehead atoms. The Hall–Kier alpha value is -1.21. The Morgan fingerprint density at radius 2 is 2.30 bits per heavy atom. The molecule has 3 heterocycles. The summed E-state index contributed by atoms with van der Waals surface area (Å²) in [5.74, 6) is -1.06. The van der Waals surface area contributed by atoms with E-state index in [9.17, 15) is 4.79 Å². The molecule has 20 heavy (non-hydrogen) atoms. The Kier molecular flexibility index (Phi) is 3.41. The van der Waals surface area contributed by atoms with Crippen molar-refractivity contribution >= 4 is 5.97 Å². The van der Waals surface area contributed by atoms with Gasteiger partial charge in [0.1, 0.15) is 24.9 Å². The minimum absolute atomic E-state index is 0.223. The van der Waals surface area contributed by atoms with Crippen LogP contribution in [-0.2, 0) is 28.5 Å². The molecule has 110 valence electrons. The van der Waals surface area contributed by atoms with Gasteiger partial charge in [0.05, 0.1) is 6.61 Å². The fourth-order valence-corrected chi connectivity index (χ4v) is 2.69. The van der Waals surface area contributed by atoms with Gasteiger partial charge in [0.2, 0.25) is 0 Å². The van der Waals surface area contributed by atoms with Crippen LogP contribution >= 0.6 is 0 Å². The molecule has 2 fully saturated rings. The van der Waals surface area contributed by atoms with E-state index in [4.69, 9.17) is 23.7 Å². The summed E-state index contributed by atoms with van der Waals surface area (Å²) in [5, 5.41) is 0. The first-order valence-electron chi connectivity index (χ1n) is 6.61. The molecular formula is C14H18O6. The summed E-state index contributed by atoms with van der Waals surface area (Å²) >= 11 is 0. The molecule has 0 unspecified atom stereocenters. The average Bonchev–Trinajstić information content (AvgIpc) is 2.99. The first-order chi connectivity index (χ1) is 9.50. The maximum Gasteiger partial charge on any atom is 0.331 e. The van der Waals surface area contributed by atoms with Crippen LogP contribution in [0, 0.1) is 0 Å². The van der Waals surface area contributed by atoms with Crippen molar-refractivity contribution in [3.05, 3.63) is 24.3 Å². The summed E-state index contributed by atoms with van der Waals surface area (Å²) in [7, 11) is 0. The largest absolute Gasteiger partial charge is 0.458 e. The lowest BCUT2D eigenvalue weighted by Crippen LogP contribution is -2.38. The van der Waals surface area contributed by atoms with Gasteiger partial charge in [-0.25, -0.2) is 4.79 Å². The van der Waals surface area contributed by atoms with E-state index >= 15 is 0 Å². The van der Waals surface area contributed by atoms with Crippen LogP contribution in [0.15, 0.2) is 24.3 Å². The topological polar surface area (TPSA) is 63.2 Å². The first-order valence-corrected chi connectivity index (χ1v) is 6.61. The molecule has 3 aliphatic heterocycles. The van der Waals surface area contributed by atoms with E-state index in [0.717, 1.165) is 5.57 Å². The van der Waals surface area contributed by atoms with E-state index in [0.29, 0.717) is 6.61 Å². The summed E-state index contributed by atoms with van der Waals surface area (Å²) in [6, 6.07) is 0. The first kappa shape index (κ1) is 13.8. The van der Waals surface area contributed by atoms with Gasteiger partial charge in [-0.2, -0.15) is 0 Å². The Labute approximate surface area is 117 Å². The zero-order valence-corrected chi connectivity index (χ0v) is 11.5. The van der Waals surface area contributed by atoms with Crippen LogP contribution < -0.4 is 0 Å². The highest BCUT2D eigenvalue weighted by Gasteiger charge is 2.56. The minimum Gasteiger partial charge on any atom is -0.458 e. The van der Waals surface area contributed by atoms with Crippen LogP contribution in [-0.4, -0.2) is 49.6 Å². The summed E-state index contributed by atoms with van der Waals surface area (Å²) in [6.45, 7) is 7.89. The lowest BCUT2D eigenvalue weighted by Gasteiger charge is -2.25. The molecule has 0 aromatic rings. The lowest BCUT2D eigenvalue weighted by molar-refractivity contribution is -0.213. The van der Waals surface area contributed by atoms with Gasteiger partial charge < -0.3 is 23.7 Å². The maximum atomic E-state index is 11.2. The zero-order chi connectivity index (χ0) is 14.3. The van der Waals surface area contributed by atoms with Crippen molar-refractivity contribution < 1.29 is 28.5 Å².